The Balaban J connectivity index is 1.35. The predicted octanol–water partition coefficient (Wildman–Crippen LogP) is 4.09. The second kappa shape index (κ2) is 8.02. The van der Waals surface area contributed by atoms with Gasteiger partial charge in [0, 0.05) is 12.6 Å². The first-order valence-corrected chi connectivity index (χ1v) is 8.51. The van der Waals surface area contributed by atoms with Gasteiger partial charge in [-0.15, -0.1) is 0 Å². The molecule has 1 aliphatic carbocycles. The van der Waals surface area contributed by atoms with Crippen molar-refractivity contribution in [1.29, 1.82) is 0 Å². The zero-order chi connectivity index (χ0) is 15.9. The van der Waals surface area contributed by atoms with Crippen LogP contribution >= 0.6 is 0 Å². The van der Waals surface area contributed by atoms with E-state index in [4.69, 9.17) is 4.74 Å². The van der Waals surface area contributed by atoms with Gasteiger partial charge in [0.05, 0.1) is 0 Å². The van der Waals surface area contributed by atoms with Gasteiger partial charge in [-0.1, -0.05) is 30.3 Å². The predicted molar refractivity (Wildman–Crippen MR) is 93.0 cm³/mol. The van der Waals surface area contributed by atoms with Crippen LogP contribution in [0.3, 0.4) is 0 Å². The molecule has 0 heterocycles. The third-order valence-electron chi connectivity index (χ3n) is 4.64. The van der Waals surface area contributed by atoms with E-state index in [9.17, 15) is 5.11 Å². The molecule has 0 saturated heterocycles. The summed E-state index contributed by atoms with van der Waals surface area (Å²) in [7, 11) is 0. The van der Waals surface area contributed by atoms with Crippen molar-refractivity contribution < 1.29 is 9.84 Å². The molecule has 2 aromatic rings. The molecule has 1 aliphatic rings. The van der Waals surface area contributed by atoms with Crippen LogP contribution < -0.4 is 10.1 Å². The number of hydrogen-bond donors (Lipinski definition) is 2. The Hall–Kier alpha value is -2.00. The maximum Gasteiger partial charge on any atom is 0.119 e. The number of nitrogens with one attached hydrogen (secondary N) is 1. The van der Waals surface area contributed by atoms with Gasteiger partial charge in [-0.05, 0) is 61.4 Å². The Bertz CT molecular complexity index is 574. The summed E-state index contributed by atoms with van der Waals surface area (Å²) in [4.78, 5) is 0. The fourth-order valence-electron chi connectivity index (χ4n) is 3.33. The lowest BCUT2D eigenvalue weighted by molar-refractivity contribution is 0.282. The summed E-state index contributed by atoms with van der Waals surface area (Å²) in [5.74, 6) is 1.92. The Morgan fingerprint density at radius 2 is 1.61 bits per heavy atom. The molecule has 2 N–H and O–H groups in total. The summed E-state index contributed by atoms with van der Waals surface area (Å²) in [6.07, 6.45) is 4.83. The Kier molecular flexibility index (Phi) is 5.54. The first-order valence-electron chi connectivity index (χ1n) is 8.51. The molecule has 2 aromatic carbocycles. The zero-order valence-corrected chi connectivity index (χ0v) is 13.4. The van der Waals surface area contributed by atoms with Gasteiger partial charge >= 0.3 is 0 Å². The molecule has 3 heteroatoms. The highest BCUT2D eigenvalue weighted by Crippen LogP contribution is 2.33. The normalized spacial score (nSPS) is 21.0. The summed E-state index contributed by atoms with van der Waals surface area (Å²) in [5.41, 5.74) is 1.36. The van der Waals surface area contributed by atoms with Gasteiger partial charge in [-0.3, -0.25) is 0 Å². The summed E-state index contributed by atoms with van der Waals surface area (Å²) < 4.78 is 5.71. The van der Waals surface area contributed by atoms with E-state index in [2.05, 4.69) is 17.4 Å². The van der Waals surface area contributed by atoms with Crippen molar-refractivity contribution in [1.82, 2.24) is 5.32 Å². The molecule has 23 heavy (non-hydrogen) atoms. The molecule has 1 saturated carbocycles. The molecule has 0 bridgehead atoms. The molecule has 1 fully saturated rings. The minimum atomic E-state index is 0.350. The number of hydrogen-bond acceptors (Lipinski definition) is 3. The van der Waals surface area contributed by atoms with Crippen LogP contribution in [0, 0.1) is 0 Å². The number of rotatable bonds is 6. The molecule has 3 nitrogen and oxygen atoms in total. The van der Waals surface area contributed by atoms with Crippen LogP contribution in [0.25, 0.3) is 0 Å². The quantitative estimate of drug-likeness (QED) is 0.790. The van der Waals surface area contributed by atoms with E-state index in [0.29, 0.717) is 24.3 Å². The molecule has 0 radical (unpaired) electrons. The number of para-hydroxylation sites is 1. The number of phenols is 1. The highest BCUT2D eigenvalue weighted by molar-refractivity contribution is 5.28. The first kappa shape index (κ1) is 15.9. The average Bonchev–Trinajstić information content (AvgIpc) is 2.61. The van der Waals surface area contributed by atoms with Crippen molar-refractivity contribution in [3.8, 4) is 11.5 Å². The molecule has 3 rings (SSSR count). The maximum absolute atomic E-state index is 9.38. The molecule has 122 valence electrons. The van der Waals surface area contributed by atoms with E-state index in [1.54, 1.807) is 12.1 Å². The van der Waals surface area contributed by atoms with E-state index in [1.807, 2.05) is 30.3 Å². The van der Waals surface area contributed by atoms with Gasteiger partial charge in [0.1, 0.15) is 18.1 Å². The van der Waals surface area contributed by atoms with E-state index in [1.165, 1.54) is 31.2 Å². The molecule has 0 aliphatic heterocycles. The van der Waals surface area contributed by atoms with Gasteiger partial charge in [0.15, 0.2) is 0 Å². The summed E-state index contributed by atoms with van der Waals surface area (Å²) in [6.45, 7) is 1.60. The van der Waals surface area contributed by atoms with Crippen LogP contribution in [0.5, 0.6) is 11.5 Å². The lowest BCUT2D eigenvalue weighted by Gasteiger charge is -2.29. The smallest absolute Gasteiger partial charge is 0.119 e. The average molecular weight is 311 g/mol. The SMILES string of the molecule is Oc1ccc(C2CCC(NCCOc3ccccc3)CC2)cc1. The van der Waals surface area contributed by atoms with Gasteiger partial charge in [-0.2, -0.15) is 0 Å². The van der Waals surface area contributed by atoms with Crippen LogP contribution in [0.1, 0.15) is 37.2 Å². The molecular weight excluding hydrogens is 286 g/mol. The van der Waals surface area contributed by atoms with E-state index in [-0.39, 0.29) is 0 Å². The Labute approximate surface area is 138 Å². The monoisotopic (exact) mass is 311 g/mol. The van der Waals surface area contributed by atoms with Gasteiger partial charge in [0.2, 0.25) is 0 Å². The largest absolute Gasteiger partial charge is 0.508 e. The van der Waals surface area contributed by atoms with Crippen molar-refractivity contribution in [2.24, 2.45) is 0 Å². The van der Waals surface area contributed by atoms with Gasteiger partial charge in [0.25, 0.3) is 0 Å². The fourth-order valence-corrected chi connectivity index (χ4v) is 3.33. The number of phenolic OH excluding ortho intramolecular Hbond substituents is 1. The third kappa shape index (κ3) is 4.73. The van der Waals surface area contributed by atoms with Crippen molar-refractivity contribution in [3.63, 3.8) is 0 Å². The van der Waals surface area contributed by atoms with Crippen LogP contribution in [0.15, 0.2) is 54.6 Å². The van der Waals surface area contributed by atoms with Crippen molar-refractivity contribution in [2.75, 3.05) is 13.2 Å². The fraction of sp³-hybridized carbons (Fsp3) is 0.400. The molecule has 0 amide bonds. The molecule has 0 spiro atoms. The first-order chi connectivity index (χ1) is 11.3. The van der Waals surface area contributed by atoms with E-state index in [0.717, 1.165) is 12.3 Å². The van der Waals surface area contributed by atoms with E-state index >= 15 is 0 Å². The highest BCUT2D eigenvalue weighted by atomic mass is 16.5. The lowest BCUT2D eigenvalue weighted by atomic mass is 9.82. The second-order valence-electron chi connectivity index (χ2n) is 6.26. The molecule has 0 unspecified atom stereocenters. The van der Waals surface area contributed by atoms with Crippen LogP contribution in [-0.4, -0.2) is 24.3 Å². The summed E-state index contributed by atoms with van der Waals surface area (Å²) >= 11 is 0. The standard InChI is InChI=1S/C20H25NO2/c22-19-12-8-17(9-13-19)16-6-10-18(11-7-16)21-14-15-23-20-4-2-1-3-5-20/h1-5,8-9,12-13,16,18,21-22H,6-7,10-11,14-15H2. The Morgan fingerprint density at radius 1 is 0.913 bits per heavy atom. The maximum atomic E-state index is 9.38. The number of ether oxygens (including phenoxy) is 1. The van der Waals surface area contributed by atoms with Gasteiger partial charge < -0.3 is 15.2 Å². The van der Waals surface area contributed by atoms with Crippen molar-refractivity contribution >= 4 is 0 Å². The second-order valence-corrected chi connectivity index (χ2v) is 6.26. The van der Waals surface area contributed by atoms with Crippen LogP contribution in [0.2, 0.25) is 0 Å². The number of aromatic hydroxyl groups is 1. The lowest BCUT2D eigenvalue weighted by Crippen LogP contribution is -2.35. The summed E-state index contributed by atoms with van der Waals surface area (Å²) in [5, 5.41) is 13.0. The Morgan fingerprint density at radius 3 is 2.30 bits per heavy atom. The van der Waals surface area contributed by atoms with Crippen molar-refractivity contribution in [3.05, 3.63) is 60.2 Å². The topological polar surface area (TPSA) is 41.5 Å². The minimum absolute atomic E-state index is 0.350. The molecule has 0 atom stereocenters. The summed E-state index contributed by atoms with van der Waals surface area (Å²) in [6, 6.07) is 18.3. The van der Waals surface area contributed by atoms with Gasteiger partial charge in [-0.25, -0.2) is 0 Å². The van der Waals surface area contributed by atoms with E-state index < -0.39 is 0 Å². The number of benzene rings is 2. The minimum Gasteiger partial charge on any atom is -0.508 e. The van der Waals surface area contributed by atoms with Crippen molar-refractivity contribution in [2.45, 2.75) is 37.6 Å². The highest BCUT2D eigenvalue weighted by Gasteiger charge is 2.21. The van der Waals surface area contributed by atoms with Crippen LogP contribution in [-0.2, 0) is 0 Å². The van der Waals surface area contributed by atoms with Crippen LogP contribution in [0.4, 0.5) is 0 Å². The zero-order valence-electron chi connectivity index (χ0n) is 13.4. The third-order valence-corrected chi connectivity index (χ3v) is 4.64. The molecule has 0 aromatic heterocycles. The molecular formula is C20H25NO2.